The van der Waals surface area contributed by atoms with Gasteiger partial charge < -0.3 is 19.5 Å². The van der Waals surface area contributed by atoms with Crippen molar-refractivity contribution >= 4 is 29.5 Å². The van der Waals surface area contributed by atoms with Gasteiger partial charge in [0.05, 0.1) is 12.7 Å². The van der Waals surface area contributed by atoms with Crippen LogP contribution in [0.15, 0.2) is 71.1 Å². The lowest BCUT2D eigenvalue weighted by molar-refractivity contribution is -0.138. The average Bonchev–Trinajstić information content (AvgIpc) is 2.90. The quantitative estimate of drug-likeness (QED) is 0.264. The summed E-state index contributed by atoms with van der Waals surface area (Å²) < 4.78 is 16.4. The number of dihydropyridines is 1. The smallest absolute Gasteiger partial charge is 0.336 e. The van der Waals surface area contributed by atoms with Gasteiger partial charge in [-0.1, -0.05) is 37.3 Å². The molecule has 7 nitrogen and oxygen atoms in total. The first-order valence-electron chi connectivity index (χ1n) is 12.7. The zero-order valence-corrected chi connectivity index (χ0v) is 23.0. The van der Waals surface area contributed by atoms with Gasteiger partial charge in [-0.2, -0.15) is 11.8 Å². The minimum absolute atomic E-state index is 0.0249. The third-order valence-electron chi connectivity index (χ3n) is 6.77. The monoisotopic (exact) mass is 535 g/mol. The molecule has 2 aromatic rings. The molecule has 4 rings (SSSR count). The van der Waals surface area contributed by atoms with Crippen LogP contribution >= 0.6 is 11.8 Å². The predicted octanol–water partition coefficient (Wildman–Crippen LogP) is 5.28. The van der Waals surface area contributed by atoms with Crippen molar-refractivity contribution < 1.29 is 28.6 Å². The van der Waals surface area contributed by atoms with E-state index in [2.05, 4.69) is 12.2 Å². The minimum Gasteiger partial charge on any atom is -0.496 e. The number of para-hydroxylation sites is 1. The number of allylic oxidation sites excluding steroid dienone is 3. The topological polar surface area (TPSA) is 90.9 Å². The molecule has 1 aliphatic carbocycles. The molecule has 0 spiro atoms. The third-order valence-corrected chi connectivity index (χ3v) is 7.63. The van der Waals surface area contributed by atoms with E-state index in [-0.39, 0.29) is 11.7 Å². The summed E-state index contributed by atoms with van der Waals surface area (Å²) in [7, 11) is 1.63. The van der Waals surface area contributed by atoms with E-state index >= 15 is 0 Å². The van der Waals surface area contributed by atoms with E-state index in [9.17, 15) is 14.4 Å². The Morgan fingerprint density at radius 3 is 2.50 bits per heavy atom. The van der Waals surface area contributed by atoms with Crippen molar-refractivity contribution in [2.45, 2.75) is 45.4 Å². The Hall–Kier alpha value is -3.52. The van der Waals surface area contributed by atoms with Crippen molar-refractivity contribution in [2.24, 2.45) is 0 Å². The van der Waals surface area contributed by atoms with Crippen molar-refractivity contribution in [3.8, 4) is 11.5 Å². The van der Waals surface area contributed by atoms with E-state index < -0.39 is 17.9 Å². The Kier molecular flexibility index (Phi) is 8.94. The zero-order valence-electron chi connectivity index (χ0n) is 22.2. The number of Topliss-reactive ketones (excluding diaryl/α,β-unsaturated/α-hetero) is 1. The number of thioether (sulfide) groups is 1. The highest BCUT2D eigenvalue weighted by atomic mass is 32.2. The zero-order chi connectivity index (χ0) is 27.2. The van der Waals surface area contributed by atoms with E-state index in [0.29, 0.717) is 47.8 Å². The molecule has 0 saturated heterocycles. The summed E-state index contributed by atoms with van der Waals surface area (Å²) in [6, 6.07) is 14.7. The normalized spacial score (nSPS) is 19.0. The molecule has 2 atom stereocenters. The first-order chi connectivity index (χ1) is 18.3. The number of carbonyl (C=O) groups excluding carboxylic acids is 3. The van der Waals surface area contributed by atoms with Gasteiger partial charge >= 0.3 is 11.9 Å². The third kappa shape index (κ3) is 5.96. The lowest BCUT2D eigenvalue weighted by Crippen LogP contribution is -2.36. The molecule has 1 aliphatic heterocycles. The molecule has 0 aromatic heterocycles. The number of esters is 2. The van der Waals surface area contributed by atoms with E-state index in [1.807, 2.05) is 31.2 Å². The Morgan fingerprint density at radius 1 is 1.08 bits per heavy atom. The van der Waals surface area contributed by atoms with Crippen LogP contribution in [-0.2, 0) is 19.1 Å². The molecule has 0 bridgehead atoms. The van der Waals surface area contributed by atoms with Crippen LogP contribution in [0.25, 0.3) is 0 Å². The highest BCUT2D eigenvalue weighted by molar-refractivity contribution is 7.99. The number of methoxy groups -OCH3 is 1. The molecule has 200 valence electrons. The molecule has 0 unspecified atom stereocenters. The summed E-state index contributed by atoms with van der Waals surface area (Å²) in [5.74, 6) is 1.28. The van der Waals surface area contributed by atoms with Crippen LogP contribution in [0.5, 0.6) is 11.5 Å². The van der Waals surface area contributed by atoms with E-state index in [4.69, 9.17) is 14.2 Å². The minimum atomic E-state index is -0.588. The molecule has 0 radical (unpaired) electrons. The second-order valence-corrected chi connectivity index (χ2v) is 10.6. The lowest BCUT2D eigenvalue weighted by Gasteiger charge is -2.37. The number of nitrogens with one attached hydrogen (secondary N) is 1. The van der Waals surface area contributed by atoms with Crippen LogP contribution in [0.2, 0.25) is 0 Å². The van der Waals surface area contributed by atoms with Crippen LogP contribution in [0.3, 0.4) is 0 Å². The van der Waals surface area contributed by atoms with Crippen LogP contribution in [0.1, 0.15) is 56.6 Å². The maximum absolute atomic E-state index is 13.8. The summed E-state index contributed by atoms with van der Waals surface area (Å²) in [5.41, 5.74) is 4.22. The van der Waals surface area contributed by atoms with Gasteiger partial charge in [-0.25, -0.2) is 4.79 Å². The first-order valence-corrected chi connectivity index (χ1v) is 13.9. The number of hydrogen-bond acceptors (Lipinski definition) is 8. The second kappa shape index (κ2) is 12.3. The van der Waals surface area contributed by atoms with Crippen LogP contribution in [-0.4, -0.2) is 42.9 Å². The largest absolute Gasteiger partial charge is 0.496 e. The fourth-order valence-corrected chi connectivity index (χ4v) is 5.67. The fraction of sp³-hybridized carbons (Fsp3) is 0.367. The summed E-state index contributed by atoms with van der Waals surface area (Å²) in [4.78, 5) is 38.6. The van der Waals surface area contributed by atoms with Crippen molar-refractivity contribution in [3.05, 3.63) is 82.2 Å². The first kappa shape index (κ1) is 27.5. The Labute approximate surface area is 227 Å². The number of hydrogen-bond donors (Lipinski definition) is 1. The van der Waals surface area contributed by atoms with Gasteiger partial charge in [0.15, 0.2) is 5.78 Å². The SMILES string of the molecule is CCSCCOC(=O)C1=C(C)NC2=C(C(=O)C[C@H](c3ccccc3OC)C2)[C@@H]1c1ccc(OC(C)=O)cc1. The summed E-state index contributed by atoms with van der Waals surface area (Å²) in [6.07, 6.45) is 0.910. The van der Waals surface area contributed by atoms with Gasteiger partial charge in [-0.15, -0.1) is 0 Å². The van der Waals surface area contributed by atoms with Crippen molar-refractivity contribution in [2.75, 3.05) is 25.2 Å². The lowest BCUT2D eigenvalue weighted by atomic mass is 9.71. The van der Waals surface area contributed by atoms with E-state index in [1.54, 1.807) is 43.1 Å². The molecule has 38 heavy (non-hydrogen) atoms. The van der Waals surface area contributed by atoms with Gasteiger partial charge in [0, 0.05) is 47.9 Å². The molecular formula is C30H33NO6S. The molecule has 0 saturated carbocycles. The molecule has 2 aliphatic rings. The van der Waals surface area contributed by atoms with Crippen LogP contribution in [0.4, 0.5) is 0 Å². The van der Waals surface area contributed by atoms with Crippen LogP contribution in [0, 0.1) is 0 Å². The number of ketones is 1. The number of ether oxygens (including phenoxy) is 3. The number of benzene rings is 2. The Morgan fingerprint density at radius 2 is 1.82 bits per heavy atom. The highest BCUT2D eigenvalue weighted by Crippen LogP contribution is 2.47. The maximum atomic E-state index is 13.8. The molecule has 1 heterocycles. The summed E-state index contributed by atoms with van der Waals surface area (Å²) in [6.45, 7) is 5.54. The molecule has 0 amide bonds. The van der Waals surface area contributed by atoms with E-state index in [0.717, 1.165) is 28.3 Å². The van der Waals surface area contributed by atoms with E-state index in [1.165, 1.54) is 6.92 Å². The van der Waals surface area contributed by atoms with Gasteiger partial charge in [0.1, 0.15) is 18.1 Å². The molecule has 8 heteroatoms. The molecule has 1 N–H and O–H groups in total. The number of rotatable bonds is 9. The van der Waals surface area contributed by atoms with Crippen molar-refractivity contribution in [1.82, 2.24) is 5.32 Å². The predicted molar refractivity (Wildman–Crippen MR) is 147 cm³/mol. The molecule has 2 aromatic carbocycles. The van der Waals surface area contributed by atoms with Gasteiger partial charge in [-0.05, 0) is 48.4 Å². The fourth-order valence-electron chi connectivity index (χ4n) is 5.18. The Balaban J connectivity index is 1.72. The van der Waals surface area contributed by atoms with Crippen molar-refractivity contribution in [3.63, 3.8) is 0 Å². The highest BCUT2D eigenvalue weighted by Gasteiger charge is 2.41. The van der Waals surface area contributed by atoms with Gasteiger partial charge in [0.2, 0.25) is 0 Å². The standard InChI is InChI=1S/C30H33NO6S/c1-5-38-15-14-36-30(34)27-18(2)31-24-16-21(23-8-6-7-9-26(23)35-4)17-25(33)29(24)28(27)20-10-12-22(13-11-20)37-19(3)32/h6-13,21,28,31H,5,14-17H2,1-4H3/t21-,28-/m1/s1. The maximum Gasteiger partial charge on any atom is 0.336 e. The van der Waals surface area contributed by atoms with Gasteiger partial charge in [0.25, 0.3) is 0 Å². The summed E-state index contributed by atoms with van der Waals surface area (Å²) in [5, 5.41) is 3.38. The van der Waals surface area contributed by atoms with Crippen molar-refractivity contribution in [1.29, 1.82) is 0 Å². The summed E-state index contributed by atoms with van der Waals surface area (Å²) >= 11 is 1.70. The molecular weight excluding hydrogens is 502 g/mol. The van der Waals surface area contributed by atoms with Gasteiger partial charge in [-0.3, -0.25) is 9.59 Å². The second-order valence-electron chi connectivity index (χ2n) is 9.25. The average molecular weight is 536 g/mol. The number of carbonyl (C=O) groups is 3. The molecule has 0 fully saturated rings. The van der Waals surface area contributed by atoms with Crippen LogP contribution < -0.4 is 14.8 Å². The Bertz CT molecular complexity index is 1280.